The third-order valence-corrected chi connectivity index (χ3v) is 7.35. The molecule has 2 aromatic rings. The quantitative estimate of drug-likeness (QED) is 0.167. The van der Waals surface area contributed by atoms with Gasteiger partial charge in [0.15, 0.2) is 0 Å². The molecule has 2 N–H and O–H groups in total. The molecule has 0 saturated heterocycles. The fourth-order valence-corrected chi connectivity index (χ4v) is 5.12. The van der Waals surface area contributed by atoms with E-state index < -0.39 is 0 Å². The van der Waals surface area contributed by atoms with Crippen molar-refractivity contribution < 1.29 is 4.74 Å². The van der Waals surface area contributed by atoms with Gasteiger partial charge in [0, 0.05) is 14.2 Å². The molecule has 0 saturated carbocycles. The molecule has 0 aromatic heterocycles. The first kappa shape index (κ1) is 24.7. The fourth-order valence-electron chi connectivity index (χ4n) is 3.47. The van der Waals surface area contributed by atoms with Gasteiger partial charge >= 0.3 is 0 Å². The van der Waals surface area contributed by atoms with E-state index in [-0.39, 0.29) is 12.1 Å². The zero-order valence-electron chi connectivity index (χ0n) is 18.1. The second-order valence-corrected chi connectivity index (χ2v) is 10.1. The zero-order chi connectivity index (χ0) is 21.1. The molecule has 0 spiro atoms. The Bertz CT molecular complexity index is 709. The van der Waals surface area contributed by atoms with Crippen molar-refractivity contribution in [3.63, 3.8) is 0 Å². The largest absolute Gasteiger partial charge is 0.376 e. The van der Waals surface area contributed by atoms with Crippen LogP contribution in [-0.2, 0) is 4.74 Å². The molecule has 29 heavy (non-hydrogen) atoms. The molecule has 0 fully saturated rings. The van der Waals surface area contributed by atoms with Gasteiger partial charge in [-0.1, -0.05) is 69.9 Å². The number of hydrogen-bond acceptors (Lipinski definition) is 3. The lowest BCUT2D eigenvalue weighted by Crippen LogP contribution is -2.27. The molecule has 2 aromatic carbocycles. The Balaban J connectivity index is 1.78. The molecular weight excluding hydrogens is 489 g/mol. The van der Waals surface area contributed by atoms with Crippen molar-refractivity contribution in [1.29, 1.82) is 0 Å². The van der Waals surface area contributed by atoms with E-state index in [2.05, 4.69) is 73.7 Å². The predicted octanol–water partition coefficient (Wildman–Crippen LogP) is 7.56. The molecule has 4 heteroatoms. The second-order valence-electron chi connectivity index (χ2n) is 7.79. The lowest BCUT2D eigenvalue weighted by Gasteiger charge is -2.21. The summed E-state index contributed by atoms with van der Waals surface area (Å²) in [5.74, 6) is 1.57. The van der Waals surface area contributed by atoms with Gasteiger partial charge in [-0.2, -0.15) is 0 Å². The summed E-state index contributed by atoms with van der Waals surface area (Å²) in [6, 6.07) is 17.0. The molecule has 0 aliphatic carbocycles. The number of benzene rings is 2. The Hall–Kier alpha value is -0.560. The standard InChI is InChI=1S/C25H36INOS/c1-4-5-6-8-11-19(2)23-18-22(14-15-24(23)26)29-17-16-28-20(3)25(27)21-12-9-7-10-13-21/h7,9-10,12-15,18-20,25H,4-6,8,11,16-17,27H2,1-3H3. The van der Waals surface area contributed by atoms with Gasteiger partial charge in [-0.25, -0.2) is 0 Å². The highest BCUT2D eigenvalue weighted by molar-refractivity contribution is 14.1. The van der Waals surface area contributed by atoms with Crippen LogP contribution in [0.2, 0.25) is 0 Å². The summed E-state index contributed by atoms with van der Waals surface area (Å²) >= 11 is 4.35. The highest BCUT2D eigenvalue weighted by atomic mass is 127. The van der Waals surface area contributed by atoms with Crippen LogP contribution in [0.1, 0.15) is 76.0 Å². The van der Waals surface area contributed by atoms with Crippen molar-refractivity contribution in [3.8, 4) is 0 Å². The molecule has 3 unspecified atom stereocenters. The monoisotopic (exact) mass is 525 g/mol. The van der Waals surface area contributed by atoms with E-state index in [9.17, 15) is 0 Å². The first-order chi connectivity index (χ1) is 14.0. The second kappa shape index (κ2) is 13.7. The Morgan fingerprint density at radius 2 is 1.79 bits per heavy atom. The maximum atomic E-state index is 6.33. The minimum Gasteiger partial charge on any atom is -0.376 e. The molecule has 0 radical (unpaired) electrons. The molecular formula is C25H36INOS. The highest BCUT2D eigenvalue weighted by Crippen LogP contribution is 2.30. The minimum absolute atomic E-state index is 0.00780. The summed E-state index contributed by atoms with van der Waals surface area (Å²) in [5, 5.41) is 0. The maximum Gasteiger partial charge on any atom is 0.0739 e. The molecule has 160 valence electrons. The van der Waals surface area contributed by atoms with E-state index >= 15 is 0 Å². The molecule has 0 aliphatic heterocycles. The summed E-state index contributed by atoms with van der Waals surface area (Å²) in [6.45, 7) is 7.41. The topological polar surface area (TPSA) is 35.2 Å². The summed E-state index contributed by atoms with van der Waals surface area (Å²) < 4.78 is 7.39. The smallest absolute Gasteiger partial charge is 0.0739 e. The fraction of sp³-hybridized carbons (Fsp3) is 0.520. The van der Waals surface area contributed by atoms with Gasteiger partial charge in [0.2, 0.25) is 0 Å². The van der Waals surface area contributed by atoms with Gasteiger partial charge < -0.3 is 10.5 Å². The highest BCUT2D eigenvalue weighted by Gasteiger charge is 2.15. The number of nitrogens with two attached hydrogens (primary N) is 1. The van der Waals surface area contributed by atoms with E-state index in [1.807, 2.05) is 30.0 Å². The Kier molecular flexibility index (Phi) is 11.7. The lowest BCUT2D eigenvalue weighted by molar-refractivity contribution is 0.0593. The number of unbranched alkanes of at least 4 members (excludes halogenated alkanes) is 3. The molecule has 2 nitrogen and oxygen atoms in total. The molecule has 3 atom stereocenters. The SMILES string of the molecule is CCCCCCC(C)c1cc(SCCOC(C)C(N)c2ccccc2)ccc1I. The van der Waals surface area contributed by atoms with E-state index in [0.717, 1.165) is 11.3 Å². The Morgan fingerprint density at radius 1 is 1.03 bits per heavy atom. The zero-order valence-corrected chi connectivity index (χ0v) is 21.0. The third-order valence-electron chi connectivity index (χ3n) is 5.41. The van der Waals surface area contributed by atoms with Crippen LogP contribution in [0.3, 0.4) is 0 Å². The van der Waals surface area contributed by atoms with Crippen molar-refractivity contribution >= 4 is 34.4 Å². The van der Waals surface area contributed by atoms with E-state index in [1.165, 1.54) is 46.1 Å². The van der Waals surface area contributed by atoms with Crippen molar-refractivity contribution in [2.75, 3.05) is 12.4 Å². The Morgan fingerprint density at radius 3 is 2.52 bits per heavy atom. The third kappa shape index (κ3) is 8.60. The van der Waals surface area contributed by atoms with Crippen LogP contribution in [0.15, 0.2) is 53.4 Å². The van der Waals surface area contributed by atoms with Crippen molar-refractivity contribution in [1.82, 2.24) is 0 Å². The van der Waals surface area contributed by atoms with Crippen molar-refractivity contribution in [2.24, 2.45) is 5.73 Å². The number of halogens is 1. The van der Waals surface area contributed by atoms with Crippen LogP contribution in [0.4, 0.5) is 0 Å². The average molecular weight is 526 g/mol. The van der Waals surface area contributed by atoms with Gasteiger partial charge in [-0.3, -0.25) is 0 Å². The summed E-state index contributed by atoms with van der Waals surface area (Å²) in [4.78, 5) is 1.34. The van der Waals surface area contributed by atoms with E-state index in [1.54, 1.807) is 0 Å². The van der Waals surface area contributed by atoms with Gasteiger partial charge in [-0.15, -0.1) is 11.8 Å². The normalized spacial score (nSPS) is 14.5. The average Bonchev–Trinajstić information content (AvgIpc) is 2.75. The number of rotatable bonds is 13. The first-order valence-corrected chi connectivity index (χ1v) is 12.9. The first-order valence-electron chi connectivity index (χ1n) is 10.9. The van der Waals surface area contributed by atoms with Gasteiger partial charge in [0.25, 0.3) is 0 Å². The molecule has 0 bridgehead atoms. The molecule has 0 amide bonds. The van der Waals surface area contributed by atoms with Crippen molar-refractivity contribution in [3.05, 3.63) is 63.2 Å². The van der Waals surface area contributed by atoms with Gasteiger partial charge in [-0.05, 0) is 71.2 Å². The van der Waals surface area contributed by atoms with Crippen molar-refractivity contribution in [2.45, 2.75) is 75.8 Å². The van der Waals surface area contributed by atoms with Crippen LogP contribution >= 0.6 is 34.4 Å². The maximum absolute atomic E-state index is 6.33. The van der Waals surface area contributed by atoms with Gasteiger partial charge in [0.05, 0.1) is 18.8 Å². The predicted molar refractivity (Wildman–Crippen MR) is 136 cm³/mol. The van der Waals surface area contributed by atoms with Crippen LogP contribution in [0.5, 0.6) is 0 Å². The van der Waals surface area contributed by atoms with E-state index in [4.69, 9.17) is 10.5 Å². The number of ether oxygens (including phenoxy) is 1. The molecule has 0 heterocycles. The minimum atomic E-state index is -0.0836. The summed E-state index contributed by atoms with van der Waals surface area (Å²) in [5.41, 5.74) is 8.95. The van der Waals surface area contributed by atoms with Crippen LogP contribution in [-0.4, -0.2) is 18.5 Å². The summed E-state index contributed by atoms with van der Waals surface area (Å²) in [7, 11) is 0. The summed E-state index contributed by atoms with van der Waals surface area (Å²) in [6.07, 6.45) is 6.62. The lowest BCUT2D eigenvalue weighted by atomic mass is 9.95. The Labute approximate surface area is 195 Å². The van der Waals surface area contributed by atoms with Gasteiger partial charge in [0.1, 0.15) is 0 Å². The molecule has 0 aliphatic rings. The number of hydrogen-bond donors (Lipinski definition) is 1. The molecule has 2 rings (SSSR count). The van der Waals surface area contributed by atoms with E-state index in [0.29, 0.717) is 12.5 Å². The van der Waals surface area contributed by atoms with Crippen LogP contribution in [0.25, 0.3) is 0 Å². The van der Waals surface area contributed by atoms with Crippen LogP contribution in [0, 0.1) is 3.57 Å². The number of thioether (sulfide) groups is 1. The van der Waals surface area contributed by atoms with Crippen LogP contribution < -0.4 is 5.73 Å².